The quantitative estimate of drug-likeness (QED) is 0.794. The Morgan fingerprint density at radius 3 is 2.79 bits per heavy atom. The molecule has 0 bridgehead atoms. The third-order valence-corrected chi connectivity index (χ3v) is 4.50. The summed E-state index contributed by atoms with van der Waals surface area (Å²) in [7, 11) is 1.35. The van der Waals surface area contributed by atoms with Gasteiger partial charge in [0.05, 0.1) is 18.1 Å². The van der Waals surface area contributed by atoms with Gasteiger partial charge in [0.15, 0.2) is 5.82 Å². The van der Waals surface area contributed by atoms with Crippen molar-refractivity contribution in [2.24, 2.45) is 0 Å². The molecule has 2 heterocycles. The second-order valence-electron chi connectivity index (χ2n) is 5.28. The van der Waals surface area contributed by atoms with Gasteiger partial charge in [-0.15, -0.1) is 0 Å². The van der Waals surface area contributed by atoms with Crippen molar-refractivity contribution in [1.82, 2.24) is 14.9 Å². The second kappa shape index (κ2) is 6.23. The maximum Gasteiger partial charge on any atom is 0.325 e. The van der Waals surface area contributed by atoms with E-state index in [0.29, 0.717) is 11.3 Å². The van der Waals surface area contributed by atoms with E-state index in [-0.39, 0.29) is 35.3 Å². The van der Waals surface area contributed by atoms with Crippen molar-refractivity contribution in [3.63, 3.8) is 0 Å². The van der Waals surface area contributed by atoms with Gasteiger partial charge in [-0.2, -0.15) is 0 Å². The molecular formula is C15H13BrFN3O4. The Labute approximate surface area is 143 Å². The summed E-state index contributed by atoms with van der Waals surface area (Å²) >= 11 is 3.05. The monoisotopic (exact) mass is 397 g/mol. The van der Waals surface area contributed by atoms with Crippen molar-refractivity contribution in [2.45, 2.75) is 13.0 Å². The molecule has 1 aromatic carbocycles. The van der Waals surface area contributed by atoms with E-state index in [1.54, 1.807) is 0 Å². The molecular weight excluding hydrogens is 385 g/mol. The van der Waals surface area contributed by atoms with Crippen LogP contribution in [-0.4, -0.2) is 34.4 Å². The van der Waals surface area contributed by atoms with E-state index in [9.17, 15) is 18.8 Å². The van der Waals surface area contributed by atoms with Crippen LogP contribution in [-0.2, 0) is 13.0 Å². The number of aromatic amines is 2. The van der Waals surface area contributed by atoms with Crippen LogP contribution in [0.1, 0.15) is 21.6 Å². The Morgan fingerprint density at radius 1 is 1.33 bits per heavy atom. The van der Waals surface area contributed by atoms with Gasteiger partial charge in [0, 0.05) is 17.8 Å². The molecule has 0 spiro atoms. The molecule has 7 nitrogen and oxygen atoms in total. The molecule has 0 atom stereocenters. The average molecular weight is 398 g/mol. The summed E-state index contributed by atoms with van der Waals surface area (Å²) in [6.07, 6.45) is 0.269. The minimum Gasteiger partial charge on any atom is -0.496 e. The Hall–Kier alpha value is -2.42. The fraction of sp³-hybridized carbons (Fsp3) is 0.267. The summed E-state index contributed by atoms with van der Waals surface area (Å²) in [6.45, 7) is 0.249. The summed E-state index contributed by atoms with van der Waals surface area (Å²) in [5, 5.41) is 0. The van der Waals surface area contributed by atoms with Crippen LogP contribution in [0, 0.1) is 5.82 Å². The molecule has 9 heteroatoms. The van der Waals surface area contributed by atoms with Crippen LogP contribution in [0.25, 0.3) is 0 Å². The van der Waals surface area contributed by atoms with Crippen LogP contribution in [0.4, 0.5) is 4.39 Å². The first-order chi connectivity index (χ1) is 11.4. The number of amides is 1. The van der Waals surface area contributed by atoms with Crippen LogP contribution >= 0.6 is 15.9 Å². The molecule has 0 radical (unpaired) electrons. The number of carbonyl (C=O) groups is 1. The maximum atomic E-state index is 14.4. The number of nitrogens with one attached hydrogen (secondary N) is 2. The normalized spacial score (nSPS) is 13.5. The molecule has 24 heavy (non-hydrogen) atoms. The molecule has 1 aromatic heterocycles. The van der Waals surface area contributed by atoms with E-state index >= 15 is 0 Å². The molecule has 1 amide bonds. The van der Waals surface area contributed by atoms with Crippen molar-refractivity contribution in [3.8, 4) is 5.75 Å². The summed E-state index contributed by atoms with van der Waals surface area (Å²) < 4.78 is 19.6. The highest BCUT2D eigenvalue weighted by Gasteiger charge is 2.29. The van der Waals surface area contributed by atoms with Crippen molar-refractivity contribution in [2.75, 3.05) is 13.7 Å². The standard InChI is InChI=1S/C15H13BrFN3O4/c1-24-10-3-2-8(16)12(17)11(10)14(22)20-5-4-7-9(6-20)18-15(23)19-13(7)21/h2-3H,4-6H2,1H3,(H2,18,19,21,23). The first-order valence-corrected chi connectivity index (χ1v) is 7.87. The van der Waals surface area contributed by atoms with E-state index in [1.165, 1.54) is 24.1 Å². The smallest absolute Gasteiger partial charge is 0.325 e. The Morgan fingerprint density at radius 2 is 2.08 bits per heavy atom. The highest BCUT2D eigenvalue weighted by Crippen LogP contribution is 2.29. The summed E-state index contributed by atoms with van der Waals surface area (Å²) in [6, 6.07) is 2.94. The summed E-state index contributed by atoms with van der Waals surface area (Å²) in [5.41, 5.74) is -0.508. The Kier molecular flexibility index (Phi) is 4.27. The zero-order valence-electron chi connectivity index (χ0n) is 12.6. The zero-order valence-corrected chi connectivity index (χ0v) is 14.2. The molecule has 0 fully saturated rings. The largest absolute Gasteiger partial charge is 0.496 e. The lowest BCUT2D eigenvalue weighted by atomic mass is 10.0. The van der Waals surface area contributed by atoms with Crippen LogP contribution in [0.5, 0.6) is 5.75 Å². The van der Waals surface area contributed by atoms with Gasteiger partial charge in [0.2, 0.25) is 0 Å². The van der Waals surface area contributed by atoms with E-state index < -0.39 is 23.0 Å². The number of hydrogen-bond acceptors (Lipinski definition) is 4. The number of halogens is 2. The van der Waals surface area contributed by atoms with E-state index in [4.69, 9.17) is 4.74 Å². The highest BCUT2D eigenvalue weighted by molar-refractivity contribution is 9.10. The maximum absolute atomic E-state index is 14.4. The Balaban J connectivity index is 2.00. The molecule has 0 unspecified atom stereocenters. The molecule has 1 aliphatic heterocycles. The SMILES string of the molecule is COc1ccc(Br)c(F)c1C(=O)N1CCc2c([nH]c(=O)[nH]c2=O)C1. The van der Waals surface area contributed by atoms with Gasteiger partial charge in [0.1, 0.15) is 11.3 Å². The number of H-pyrrole nitrogens is 2. The molecule has 3 rings (SSSR count). The fourth-order valence-electron chi connectivity index (χ4n) is 2.71. The third-order valence-electron chi connectivity index (χ3n) is 3.89. The van der Waals surface area contributed by atoms with Gasteiger partial charge in [-0.05, 0) is 34.5 Å². The van der Waals surface area contributed by atoms with E-state index in [0.717, 1.165) is 0 Å². The topological polar surface area (TPSA) is 95.3 Å². The summed E-state index contributed by atoms with van der Waals surface area (Å²) in [4.78, 5) is 42.0. The number of fused-ring (bicyclic) bond motifs is 1. The van der Waals surface area contributed by atoms with Crippen LogP contribution < -0.4 is 16.0 Å². The number of ether oxygens (including phenoxy) is 1. The van der Waals surface area contributed by atoms with Gasteiger partial charge >= 0.3 is 5.69 Å². The number of carbonyl (C=O) groups excluding carboxylic acids is 1. The molecule has 0 saturated carbocycles. The molecule has 0 aliphatic carbocycles. The summed E-state index contributed by atoms with van der Waals surface area (Å²) in [5.74, 6) is -1.17. The second-order valence-corrected chi connectivity index (χ2v) is 6.14. The van der Waals surface area contributed by atoms with Crippen molar-refractivity contribution >= 4 is 21.8 Å². The van der Waals surface area contributed by atoms with Crippen molar-refractivity contribution in [1.29, 1.82) is 0 Å². The lowest BCUT2D eigenvalue weighted by Crippen LogP contribution is -2.41. The third kappa shape index (κ3) is 2.75. The van der Waals surface area contributed by atoms with Gasteiger partial charge in [-0.1, -0.05) is 0 Å². The van der Waals surface area contributed by atoms with Crippen molar-refractivity contribution < 1.29 is 13.9 Å². The lowest BCUT2D eigenvalue weighted by Gasteiger charge is -2.28. The van der Waals surface area contributed by atoms with Gasteiger partial charge < -0.3 is 14.6 Å². The number of nitrogens with zero attached hydrogens (tertiary/aromatic N) is 1. The number of methoxy groups -OCH3 is 1. The van der Waals surface area contributed by atoms with Gasteiger partial charge in [-0.3, -0.25) is 14.6 Å². The molecule has 126 valence electrons. The Bertz CT molecular complexity index is 937. The number of aromatic nitrogens is 2. The predicted octanol–water partition coefficient (Wildman–Crippen LogP) is 1.17. The lowest BCUT2D eigenvalue weighted by molar-refractivity contribution is 0.0722. The average Bonchev–Trinajstić information content (AvgIpc) is 2.55. The molecule has 2 aromatic rings. The minimum atomic E-state index is -0.718. The number of hydrogen-bond donors (Lipinski definition) is 2. The molecule has 1 aliphatic rings. The number of rotatable bonds is 2. The highest BCUT2D eigenvalue weighted by atomic mass is 79.9. The van der Waals surface area contributed by atoms with Crippen molar-refractivity contribution in [3.05, 3.63) is 60.1 Å². The van der Waals surface area contributed by atoms with Gasteiger partial charge in [0.25, 0.3) is 11.5 Å². The predicted molar refractivity (Wildman–Crippen MR) is 86.8 cm³/mol. The molecule has 2 N–H and O–H groups in total. The minimum absolute atomic E-state index is 0.0163. The van der Waals surface area contributed by atoms with Gasteiger partial charge in [-0.25, -0.2) is 9.18 Å². The first kappa shape index (κ1) is 16.4. The fourth-order valence-corrected chi connectivity index (χ4v) is 3.04. The number of benzene rings is 1. The van der Waals surface area contributed by atoms with E-state index in [2.05, 4.69) is 25.9 Å². The van der Waals surface area contributed by atoms with Crippen LogP contribution in [0.3, 0.4) is 0 Å². The molecule has 0 saturated heterocycles. The van der Waals surface area contributed by atoms with Crippen LogP contribution in [0.2, 0.25) is 0 Å². The van der Waals surface area contributed by atoms with Crippen LogP contribution in [0.15, 0.2) is 26.2 Å². The zero-order chi connectivity index (χ0) is 17.4. The van der Waals surface area contributed by atoms with E-state index in [1.807, 2.05) is 0 Å². The first-order valence-electron chi connectivity index (χ1n) is 7.08.